The molecule has 6 nitrogen and oxygen atoms in total. The first kappa shape index (κ1) is 14.4. The monoisotopic (exact) mass is 323 g/mol. The summed E-state index contributed by atoms with van der Waals surface area (Å²) in [5.74, 6) is 0.841. The minimum Gasteiger partial charge on any atom is -0.371 e. The number of hydrogen-bond donors (Lipinski definition) is 1. The van der Waals surface area contributed by atoms with Crippen molar-refractivity contribution in [3.05, 3.63) is 24.4 Å². The second-order valence-corrected chi connectivity index (χ2v) is 8.80. The van der Waals surface area contributed by atoms with Crippen LogP contribution < -0.4 is 5.32 Å². The molecule has 2 saturated heterocycles. The van der Waals surface area contributed by atoms with Gasteiger partial charge < -0.3 is 10.1 Å². The molecule has 2 atom stereocenters. The first-order valence-corrected chi connectivity index (χ1v) is 9.38. The van der Waals surface area contributed by atoms with Gasteiger partial charge in [0, 0.05) is 25.7 Å². The molecule has 4 rings (SSSR count). The van der Waals surface area contributed by atoms with Crippen LogP contribution in [0.2, 0.25) is 0 Å². The Morgan fingerprint density at radius 2 is 2.23 bits per heavy atom. The second-order valence-electron chi connectivity index (χ2n) is 6.58. The number of anilines is 1. The van der Waals surface area contributed by atoms with E-state index in [0.29, 0.717) is 19.7 Å². The third kappa shape index (κ3) is 2.61. The van der Waals surface area contributed by atoms with E-state index in [0.717, 1.165) is 31.5 Å². The first-order valence-electron chi connectivity index (χ1n) is 7.88. The Balaban J connectivity index is 1.40. The van der Waals surface area contributed by atoms with Crippen molar-refractivity contribution < 1.29 is 13.2 Å². The topological polar surface area (TPSA) is 71.5 Å². The summed E-state index contributed by atoms with van der Waals surface area (Å²) in [7, 11) is -3.08. The summed E-state index contributed by atoms with van der Waals surface area (Å²) in [6.45, 7) is 1.70. The van der Waals surface area contributed by atoms with Gasteiger partial charge in [0.05, 0.1) is 23.5 Å². The number of pyridine rings is 1. The van der Waals surface area contributed by atoms with Crippen LogP contribution in [0.5, 0.6) is 0 Å². The highest BCUT2D eigenvalue weighted by Crippen LogP contribution is 2.40. The van der Waals surface area contributed by atoms with Crippen molar-refractivity contribution >= 4 is 15.8 Å². The summed E-state index contributed by atoms with van der Waals surface area (Å²) < 4.78 is 32.4. The molecular formula is C15H21N3O3S. The van der Waals surface area contributed by atoms with Crippen molar-refractivity contribution in [1.82, 2.24) is 9.29 Å². The maximum absolute atomic E-state index is 12.4. The second kappa shape index (κ2) is 5.18. The molecule has 2 aliphatic heterocycles. The lowest BCUT2D eigenvalue weighted by atomic mass is 9.97. The maximum atomic E-state index is 12.4. The summed E-state index contributed by atoms with van der Waals surface area (Å²) in [4.78, 5) is 4.27. The Bertz CT molecular complexity index is 647. The Labute approximate surface area is 130 Å². The average molecular weight is 323 g/mol. The van der Waals surface area contributed by atoms with Crippen molar-refractivity contribution in [1.29, 1.82) is 0 Å². The molecule has 0 bridgehead atoms. The van der Waals surface area contributed by atoms with Crippen LogP contribution in [-0.4, -0.2) is 54.3 Å². The van der Waals surface area contributed by atoms with Gasteiger partial charge in [-0.1, -0.05) is 6.07 Å². The quantitative estimate of drug-likeness (QED) is 0.902. The van der Waals surface area contributed by atoms with E-state index < -0.39 is 10.0 Å². The zero-order chi connectivity index (χ0) is 15.2. The molecule has 1 aromatic rings. The van der Waals surface area contributed by atoms with E-state index in [1.165, 1.54) is 0 Å². The maximum Gasteiger partial charge on any atom is 0.217 e. The Morgan fingerprint density at radius 1 is 1.36 bits per heavy atom. The van der Waals surface area contributed by atoms with Gasteiger partial charge >= 0.3 is 0 Å². The number of hydrogen-bond acceptors (Lipinski definition) is 5. The molecular weight excluding hydrogens is 302 g/mol. The summed E-state index contributed by atoms with van der Waals surface area (Å²) in [6.07, 6.45) is 5.01. The van der Waals surface area contributed by atoms with Crippen LogP contribution >= 0.6 is 0 Å². The zero-order valence-electron chi connectivity index (χ0n) is 12.4. The first-order chi connectivity index (χ1) is 10.6. The van der Waals surface area contributed by atoms with E-state index in [2.05, 4.69) is 10.3 Å². The third-order valence-electron chi connectivity index (χ3n) is 4.81. The number of nitrogens with zero attached hydrogens (tertiary/aromatic N) is 2. The van der Waals surface area contributed by atoms with Gasteiger partial charge in [0.2, 0.25) is 10.0 Å². The molecule has 3 aliphatic rings. The zero-order valence-corrected chi connectivity index (χ0v) is 13.3. The summed E-state index contributed by atoms with van der Waals surface area (Å²) in [5, 5.41) is 3.24. The SMILES string of the molecule is O=S(=O)(C1CC1)N1CC[C@@]2(C[C@@H](Nc3ccccn3)CO2)C1. The van der Waals surface area contributed by atoms with Crippen LogP contribution in [-0.2, 0) is 14.8 Å². The Hall–Kier alpha value is -1.18. The van der Waals surface area contributed by atoms with Gasteiger partial charge in [-0.15, -0.1) is 0 Å². The number of rotatable bonds is 4. The lowest BCUT2D eigenvalue weighted by molar-refractivity contribution is 0.0173. The van der Waals surface area contributed by atoms with Crippen LogP contribution in [0, 0.1) is 0 Å². The molecule has 1 saturated carbocycles. The van der Waals surface area contributed by atoms with E-state index in [4.69, 9.17) is 4.74 Å². The van der Waals surface area contributed by atoms with Crippen molar-refractivity contribution in [2.24, 2.45) is 0 Å². The lowest BCUT2D eigenvalue weighted by Crippen LogP contribution is -2.37. The largest absolute Gasteiger partial charge is 0.371 e. The molecule has 0 amide bonds. The Morgan fingerprint density at radius 3 is 2.95 bits per heavy atom. The van der Waals surface area contributed by atoms with Crippen LogP contribution in [0.25, 0.3) is 0 Å². The van der Waals surface area contributed by atoms with E-state index in [1.807, 2.05) is 18.2 Å². The predicted octanol–water partition coefficient (Wildman–Crippen LogP) is 1.22. The molecule has 22 heavy (non-hydrogen) atoms. The molecule has 1 spiro atoms. The molecule has 1 aromatic heterocycles. The van der Waals surface area contributed by atoms with Crippen molar-refractivity contribution in [2.45, 2.75) is 42.6 Å². The van der Waals surface area contributed by atoms with E-state index in [1.54, 1.807) is 10.5 Å². The van der Waals surface area contributed by atoms with Crippen LogP contribution in [0.1, 0.15) is 25.7 Å². The molecule has 1 aliphatic carbocycles. The Kier molecular flexibility index (Phi) is 3.39. The average Bonchev–Trinajstić information content (AvgIpc) is 3.20. The molecule has 120 valence electrons. The number of ether oxygens (including phenoxy) is 1. The van der Waals surface area contributed by atoms with Gasteiger partial charge in [0.25, 0.3) is 0 Å². The number of aromatic nitrogens is 1. The van der Waals surface area contributed by atoms with Gasteiger partial charge in [-0.25, -0.2) is 13.4 Å². The smallest absolute Gasteiger partial charge is 0.217 e. The summed E-state index contributed by atoms with van der Waals surface area (Å²) >= 11 is 0. The molecule has 0 aromatic carbocycles. The van der Waals surface area contributed by atoms with Crippen molar-refractivity contribution in [3.8, 4) is 0 Å². The lowest BCUT2D eigenvalue weighted by Gasteiger charge is -2.23. The molecule has 7 heteroatoms. The van der Waals surface area contributed by atoms with Crippen LogP contribution in [0.15, 0.2) is 24.4 Å². The summed E-state index contributed by atoms with van der Waals surface area (Å²) in [6, 6.07) is 5.96. The summed E-state index contributed by atoms with van der Waals surface area (Å²) in [5.41, 5.74) is -0.311. The third-order valence-corrected chi connectivity index (χ3v) is 7.16. The fourth-order valence-electron chi connectivity index (χ4n) is 3.48. The van der Waals surface area contributed by atoms with E-state index in [9.17, 15) is 8.42 Å². The molecule has 0 radical (unpaired) electrons. The predicted molar refractivity (Wildman–Crippen MR) is 83.1 cm³/mol. The highest BCUT2D eigenvalue weighted by atomic mass is 32.2. The fourth-order valence-corrected chi connectivity index (χ4v) is 5.40. The minimum atomic E-state index is -3.08. The number of sulfonamides is 1. The van der Waals surface area contributed by atoms with Crippen molar-refractivity contribution in [3.63, 3.8) is 0 Å². The standard InChI is InChI=1S/C15H21N3O3S/c19-22(20,13-4-5-13)18-8-6-15(11-18)9-12(10-21-15)17-14-3-1-2-7-16-14/h1-3,7,12-13H,4-6,8-11H2,(H,16,17)/t12-,15-/m1/s1. The van der Waals surface area contributed by atoms with Crippen molar-refractivity contribution in [2.75, 3.05) is 25.0 Å². The van der Waals surface area contributed by atoms with Gasteiger partial charge in [-0.05, 0) is 31.4 Å². The minimum absolute atomic E-state index is 0.133. The molecule has 1 N–H and O–H groups in total. The van der Waals surface area contributed by atoms with Crippen LogP contribution in [0.4, 0.5) is 5.82 Å². The van der Waals surface area contributed by atoms with E-state index in [-0.39, 0.29) is 16.9 Å². The highest BCUT2D eigenvalue weighted by molar-refractivity contribution is 7.90. The molecule has 0 unspecified atom stereocenters. The molecule has 3 fully saturated rings. The van der Waals surface area contributed by atoms with E-state index >= 15 is 0 Å². The van der Waals surface area contributed by atoms with Gasteiger partial charge in [-0.2, -0.15) is 4.31 Å². The fraction of sp³-hybridized carbons (Fsp3) is 0.667. The van der Waals surface area contributed by atoms with Gasteiger partial charge in [0.15, 0.2) is 0 Å². The van der Waals surface area contributed by atoms with Crippen LogP contribution in [0.3, 0.4) is 0 Å². The normalized spacial score (nSPS) is 32.6. The number of nitrogens with one attached hydrogen (secondary N) is 1. The highest BCUT2D eigenvalue weighted by Gasteiger charge is 2.51. The molecule has 3 heterocycles. The van der Waals surface area contributed by atoms with Gasteiger partial charge in [-0.3, -0.25) is 0 Å². The van der Waals surface area contributed by atoms with Gasteiger partial charge in [0.1, 0.15) is 5.82 Å².